The molecule has 3 N–H and O–H groups in total. The Bertz CT molecular complexity index is 314. The van der Waals surface area contributed by atoms with Crippen LogP contribution in [0.5, 0.6) is 0 Å². The van der Waals surface area contributed by atoms with Gasteiger partial charge in [0.05, 0.1) is 0 Å². The van der Waals surface area contributed by atoms with Crippen LogP contribution in [-0.2, 0) is 4.79 Å². The van der Waals surface area contributed by atoms with Gasteiger partial charge in [0.15, 0.2) is 0 Å². The molecule has 1 fully saturated rings. The molecule has 0 heterocycles. The number of rotatable bonds is 8. The minimum atomic E-state index is -0.974. The molecule has 1 aliphatic carbocycles. The maximum atomic E-state index is 11.7. The summed E-state index contributed by atoms with van der Waals surface area (Å²) in [6, 6.07) is -1.17. The second-order valence-electron chi connectivity index (χ2n) is 5.21. The van der Waals surface area contributed by atoms with Crippen molar-refractivity contribution < 1.29 is 14.7 Å². The molecule has 6 heteroatoms. The van der Waals surface area contributed by atoms with E-state index < -0.39 is 12.0 Å². The average molecular weight is 288 g/mol. The number of urea groups is 1. The highest BCUT2D eigenvalue weighted by Gasteiger charge is 2.35. The molecule has 0 spiro atoms. The molecule has 5 nitrogen and oxygen atoms in total. The second kappa shape index (κ2) is 7.62. The molecule has 0 aromatic carbocycles. The van der Waals surface area contributed by atoms with Gasteiger partial charge in [0, 0.05) is 6.54 Å². The van der Waals surface area contributed by atoms with E-state index in [2.05, 4.69) is 17.6 Å². The van der Waals surface area contributed by atoms with Crippen LogP contribution in [0, 0.1) is 5.41 Å². The van der Waals surface area contributed by atoms with Crippen molar-refractivity contribution in [1.29, 1.82) is 0 Å². The first-order valence-corrected chi connectivity index (χ1v) is 8.18. The van der Waals surface area contributed by atoms with Gasteiger partial charge in [0.1, 0.15) is 6.04 Å². The van der Waals surface area contributed by atoms with Crippen molar-refractivity contribution in [3.63, 3.8) is 0 Å². The molecule has 110 valence electrons. The van der Waals surface area contributed by atoms with Gasteiger partial charge in [-0.1, -0.05) is 13.3 Å². The number of thioether (sulfide) groups is 1. The number of amides is 2. The van der Waals surface area contributed by atoms with Crippen LogP contribution < -0.4 is 10.6 Å². The van der Waals surface area contributed by atoms with Crippen LogP contribution in [0.4, 0.5) is 4.79 Å². The molecule has 2 amide bonds. The molecule has 0 unspecified atom stereocenters. The van der Waals surface area contributed by atoms with Crippen molar-refractivity contribution in [3.05, 3.63) is 0 Å². The third-order valence-electron chi connectivity index (χ3n) is 4.00. The number of carboxylic acids is 1. The van der Waals surface area contributed by atoms with Crippen molar-refractivity contribution in [2.45, 2.75) is 45.1 Å². The predicted octanol–water partition coefficient (Wildman–Crippen LogP) is 2.07. The lowest BCUT2D eigenvalue weighted by Gasteiger charge is -2.41. The Labute approximate surface area is 118 Å². The van der Waals surface area contributed by atoms with Crippen LogP contribution >= 0.6 is 11.8 Å². The molecular formula is C13H24N2O3S. The lowest BCUT2D eigenvalue weighted by atomic mass is 9.67. The molecule has 1 saturated carbocycles. The molecule has 1 atom stereocenters. The Balaban J connectivity index is 2.33. The largest absolute Gasteiger partial charge is 0.480 e. The second-order valence-corrected chi connectivity index (χ2v) is 6.19. The van der Waals surface area contributed by atoms with Crippen LogP contribution in [0.2, 0.25) is 0 Å². The maximum Gasteiger partial charge on any atom is 0.326 e. The minimum Gasteiger partial charge on any atom is -0.480 e. The van der Waals surface area contributed by atoms with Gasteiger partial charge in [-0.15, -0.1) is 0 Å². The highest BCUT2D eigenvalue weighted by atomic mass is 32.2. The molecule has 0 bridgehead atoms. The van der Waals surface area contributed by atoms with Gasteiger partial charge in [-0.05, 0) is 43.1 Å². The number of aliphatic carboxylic acids is 1. The highest BCUT2D eigenvalue weighted by Crippen LogP contribution is 2.42. The lowest BCUT2D eigenvalue weighted by Crippen LogP contribution is -2.50. The first-order chi connectivity index (χ1) is 9.03. The summed E-state index contributed by atoms with van der Waals surface area (Å²) in [4.78, 5) is 22.7. The van der Waals surface area contributed by atoms with Crippen LogP contribution in [0.15, 0.2) is 0 Å². The fourth-order valence-corrected chi connectivity index (χ4v) is 2.77. The first-order valence-electron chi connectivity index (χ1n) is 6.79. The summed E-state index contributed by atoms with van der Waals surface area (Å²) in [5, 5.41) is 14.4. The lowest BCUT2D eigenvalue weighted by molar-refractivity contribution is -0.139. The summed E-state index contributed by atoms with van der Waals surface area (Å²) in [7, 11) is 0. The smallest absolute Gasteiger partial charge is 0.326 e. The Morgan fingerprint density at radius 3 is 2.53 bits per heavy atom. The van der Waals surface area contributed by atoms with E-state index in [4.69, 9.17) is 5.11 Å². The summed E-state index contributed by atoms with van der Waals surface area (Å²) >= 11 is 1.57. The van der Waals surface area contributed by atoms with Crippen LogP contribution in [-0.4, -0.2) is 41.7 Å². The number of hydrogen-bond donors (Lipinski definition) is 3. The summed E-state index contributed by atoms with van der Waals surface area (Å²) in [6.07, 6.45) is 6.95. The highest BCUT2D eigenvalue weighted by molar-refractivity contribution is 7.98. The zero-order valence-electron chi connectivity index (χ0n) is 11.7. The number of nitrogens with one attached hydrogen (secondary N) is 2. The Hall–Kier alpha value is -0.910. The molecule has 0 aromatic rings. The van der Waals surface area contributed by atoms with Crippen LogP contribution in [0.1, 0.15) is 39.0 Å². The zero-order valence-corrected chi connectivity index (χ0v) is 12.5. The maximum absolute atomic E-state index is 11.7. The Morgan fingerprint density at radius 1 is 1.42 bits per heavy atom. The molecule has 0 aliphatic heterocycles. The van der Waals surface area contributed by atoms with Gasteiger partial charge in [0.25, 0.3) is 0 Å². The van der Waals surface area contributed by atoms with Crippen molar-refractivity contribution in [2.24, 2.45) is 5.41 Å². The Morgan fingerprint density at radius 2 is 2.11 bits per heavy atom. The van der Waals surface area contributed by atoms with E-state index in [1.54, 1.807) is 11.8 Å². The normalized spacial score (nSPS) is 18.2. The van der Waals surface area contributed by atoms with Crippen LogP contribution in [0.25, 0.3) is 0 Å². The molecule has 19 heavy (non-hydrogen) atoms. The molecule has 0 saturated heterocycles. The van der Waals surface area contributed by atoms with E-state index in [1.807, 2.05) is 6.26 Å². The quantitative estimate of drug-likeness (QED) is 0.639. The average Bonchev–Trinajstić information content (AvgIpc) is 2.33. The van der Waals surface area contributed by atoms with Crippen molar-refractivity contribution in [3.8, 4) is 0 Å². The SMILES string of the molecule is CCC1(CNC(=O)N[C@@H](CCSC)C(=O)O)CCC1. The summed E-state index contributed by atoms with van der Waals surface area (Å²) in [5.74, 6) is -0.256. The number of hydrogen-bond acceptors (Lipinski definition) is 3. The van der Waals surface area contributed by atoms with E-state index in [1.165, 1.54) is 6.42 Å². The number of carbonyl (C=O) groups excluding carboxylic acids is 1. The molecule has 1 aliphatic rings. The summed E-state index contributed by atoms with van der Waals surface area (Å²) < 4.78 is 0. The van der Waals surface area contributed by atoms with E-state index in [0.29, 0.717) is 13.0 Å². The molecular weight excluding hydrogens is 264 g/mol. The molecule has 0 aromatic heterocycles. The van der Waals surface area contributed by atoms with Crippen molar-refractivity contribution in [1.82, 2.24) is 10.6 Å². The summed E-state index contributed by atoms with van der Waals surface area (Å²) in [6.45, 7) is 2.78. The third-order valence-corrected chi connectivity index (χ3v) is 4.65. The number of carbonyl (C=O) groups is 2. The third kappa shape index (κ3) is 4.93. The van der Waals surface area contributed by atoms with Crippen molar-refractivity contribution >= 4 is 23.8 Å². The zero-order chi connectivity index (χ0) is 14.3. The van der Waals surface area contributed by atoms with Gasteiger partial charge < -0.3 is 15.7 Å². The van der Waals surface area contributed by atoms with Crippen molar-refractivity contribution in [2.75, 3.05) is 18.6 Å². The van der Waals surface area contributed by atoms with Gasteiger partial charge >= 0.3 is 12.0 Å². The summed E-state index contributed by atoms with van der Waals surface area (Å²) in [5.41, 5.74) is 0.245. The first kappa shape index (κ1) is 16.1. The Kier molecular flexibility index (Phi) is 6.48. The fraction of sp³-hybridized carbons (Fsp3) is 0.846. The fourth-order valence-electron chi connectivity index (χ4n) is 2.30. The predicted molar refractivity (Wildman–Crippen MR) is 77.5 cm³/mol. The van der Waals surface area contributed by atoms with E-state index in [9.17, 15) is 9.59 Å². The molecule has 1 rings (SSSR count). The van der Waals surface area contributed by atoms with Gasteiger partial charge in [0.2, 0.25) is 0 Å². The molecule has 0 radical (unpaired) electrons. The standard InChI is InChI=1S/C13H24N2O3S/c1-3-13(6-4-7-13)9-14-12(18)15-10(11(16)17)5-8-19-2/h10H,3-9H2,1-2H3,(H,16,17)(H2,14,15,18)/t10-/m0/s1. The van der Waals surface area contributed by atoms with Gasteiger partial charge in [-0.3, -0.25) is 0 Å². The monoisotopic (exact) mass is 288 g/mol. The van der Waals surface area contributed by atoms with Gasteiger partial charge in [-0.2, -0.15) is 11.8 Å². The van der Waals surface area contributed by atoms with E-state index in [0.717, 1.165) is 25.0 Å². The minimum absolute atomic E-state index is 0.245. The van der Waals surface area contributed by atoms with E-state index >= 15 is 0 Å². The van der Waals surface area contributed by atoms with Gasteiger partial charge in [-0.25, -0.2) is 9.59 Å². The topological polar surface area (TPSA) is 78.4 Å². The van der Waals surface area contributed by atoms with E-state index in [-0.39, 0.29) is 11.4 Å². The van der Waals surface area contributed by atoms with Crippen LogP contribution in [0.3, 0.4) is 0 Å². The number of carboxylic acid groups (broad SMARTS) is 1.